The average Bonchev–Trinajstić information content (AvgIpc) is 2.52. The standard InChI is InChI=1S/C17H19ClN2S2/c1-13-6-5-9-15(16(13)18)20-17(21)19-10-11-22-12-14-7-3-2-4-8-14/h2-9H,10-12H2,1H3,(H2,19,20,21). The highest BCUT2D eigenvalue weighted by atomic mass is 35.5. The first-order valence-electron chi connectivity index (χ1n) is 7.08. The molecule has 0 fully saturated rings. The number of halogens is 1. The van der Waals surface area contributed by atoms with Crippen molar-refractivity contribution in [1.29, 1.82) is 0 Å². The molecule has 0 bridgehead atoms. The third-order valence-corrected chi connectivity index (χ3v) is 4.86. The monoisotopic (exact) mass is 350 g/mol. The number of hydrogen-bond donors (Lipinski definition) is 2. The van der Waals surface area contributed by atoms with Crippen molar-refractivity contribution in [2.75, 3.05) is 17.6 Å². The van der Waals surface area contributed by atoms with Gasteiger partial charge in [-0.1, -0.05) is 54.1 Å². The molecule has 116 valence electrons. The first kappa shape index (κ1) is 17.1. The molecule has 2 rings (SSSR count). The summed E-state index contributed by atoms with van der Waals surface area (Å²) < 4.78 is 0. The Kier molecular flexibility index (Phi) is 7.03. The third-order valence-electron chi connectivity index (χ3n) is 3.08. The van der Waals surface area contributed by atoms with Gasteiger partial charge in [0.2, 0.25) is 0 Å². The summed E-state index contributed by atoms with van der Waals surface area (Å²) in [7, 11) is 0. The van der Waals surface area contributed by atoms with Crippen molar-refractivity contribution in [1.82, 2.24) is 5.32 Å². The van der Waals surface area contributed by atoms with Gasteiger partial charge in [-0.2, -0.15) is 11.8 Å². The fourth-order valence-electron chi connectivity index (χ4n) is 1.91. The van der Waals surface area contributed by atoms with E-state index in [-0.39, 0.29) is 0 Å². The molecule has 0 heterocycles. The van der Waals surface area contributed by atoms with Gasteiger partial charge in [0, 0.05) is 18.1 Å². The van der Waals surface area contributed by atoms with E-state index in [1.165, 1.54) is 5.56 Å². The molecule has 0 atom stereocenters. The van der Waals surface area contributed by atoms with Gasteiger partial charge < -0.3 is 10.6 Å². The molecular formula is C17H19ClN2S2. The fraction of sp³-hybridized carbons (Fsp3) is 0.235. The normalized spacial score (nSPS) is 10.3. The quantitative estimate of drug-likeness (QED) is 0.573. The maximum atomic E-state index is 6.23. The number of nitrogens with one attached hydrogen (secondary N) is 2. The van der Waals surface area contributed by atoms with Gasteiger partial charge in [0.1, 0.15) is 0 Å². The van der Waals surface area contributed by atoms with Crippen LogP contribution in [-0.2, 0) is 5.75 Å². The Labute approximate surface area is 146 Å². The number of aryl methyl sites for hydroxylation is 1. The lowest BCUT2D eigenvalue weighted by molar-refractivity contribution is 0.990. The van der Waals surface area contributed by atoms with E-state index < -0.39 is 0 Å². The van der Waals surface area contributed by atoms with Gasteiger partial charge in [-0.3, -0.25) is 0 Å². The third kappa shape index (κ3) is 5.52. The van der Waals surface area contributed by atoms with E-state index in [9.17, 15) is 0 Å². The second-order valence-electron chi connectivity index (χ2n) is 4.86. The highest BCUT2D eigenvalue weighted by molar-refractivity contribution is 7.98. The molecule has 2 aromatic carbocycles. The smallest absolute Gasteiger partial charge is 0.170 e. The molecule has 0 spiro atoms. The molecule has 0 radical (unpaired) electrons. The molecule has 2 N–H and O–H groups in total. The zero-order chi connectivity index (χ0) is 15.8. The first-order chi connectivity index (χ1) is 10.7. The van der Waals surface area contributed by atoms with Crippen LogP contribution in [0.4, 0.5) is 5.69 Å². The van der Waals surface area contributed by atoms with Crippen molar-refractivity contribution in [3.63, 3.8) is 0 Å². The van der Waals surface area contributed by atoms with Crippen LogP contribution in [0.3, 0.4) is 0 Å². The Balaban J connectivity index is 1.67. The molecular weight excluding hydrogens is 332 g/mol. The highest BCUT2D eigenvalue weighted by Crippen LogP contribution is 2.24. The van der Waals surface area contributed by atoms with Crippen LogP contribution in [-0.4, -0.2) is 17.4 Å². The van der Waals surface area contributed by atoms with Gasteiger partial charge in [-0.25, -0.2) is 0 Å². The van der Waals surface area contributed by atoms with Gasteiger partial charge in [0.25, 0.3) is 0 Å². The summed E-state index contributed by atoms with van der Waals surface area (Å²) in [5, 5.41) is 7.66. The Morgan fingerprint density at radius 3 is 2.68 bits per heavy atom. The van der Waals surface area contributed by atoms with Crippen LogP contribution in [0.5, 0.6) is 0 Å². The molecule has 22 heavy (non-hydrogen) atoms. The number of benzene rings is 2. The maximum Gasteiger partial charge on any atom is 0.170 e. The topological polar surface area (TPSA) is 24.1 Å². The predicted molar refractivity (Wildman–Crippen MR) is 103 cm³/mol. The first-order valence-corrected chi connectivity index (χ1v) is 9.02. The molecule has 0 saturated carbocycles. The van der Waals surface area contributed by atoms with Gasteiger partial charge in [0.05, 0.1) is 10.7 Å². The van der Waals surface area contributed by atoms with Crippen LogP contribution in [0.25, 0.3) is 0 Å². The number of rotatable bonds is 6. The molecule has 0 amide bonds. The highest BCUT2D eigenvalue weighted by Gasteiger charge is 2.04. The molecule has 2 aromatic rings. The molecule has 0 saturated heterocycles. The molecule has 0 unspecified atom stereocenters. The van der Waals surface area contributed by atoms with E-state index in [0.29, 0.717) is 10.1 Å². The van der Waals surface area contributed by atoms with Crippen LogP contribution < -0.4 is 10.6 Å². The van der Waals surface area contributed by atoms with E-state index in [4.69, 9.17) is 23.8 Å². The van der Waals surface area contributed by atoms with E-state index in [1.54, 1.807) is 0 Å². The van der Waals surface area contributed by atoms with E-state index in [1.807, 2.05) is 43.0 Å². The van der Waals surface area contributed by atoms with Crippen molar-refractivity contribution in [2.45, 2.75) is 12.7 Å². The van der Waals surface area contributed by atoms with Crippen molar-refractivity contribution >= 4 is 46.4 Å². The number of thiocarbonyl (C=S) groups is 1. The van der Waals surface area contributed by atoms with Crippen molar-refractivity contribution < 1.29 is 0 Å². The number of thioether (sulfide) groups is 1. The Bertz CT molecular complexity index is 617. The minimum atomic E-state index is 0.604. The zero-order valence-electron chi connectivity index (χ0n) is 12.4. The van der Waals surface area contributed by atoms with Crippen LogP contribution in [0.15, 0.2) is 48.5 Å². The van der Waals surface area contributed by atoms with E-state index in [2.05, 4.69) is 34.9 Å². The number of hydrogen-bond acceptors (Lipinski definition) is 2. The Morgan fingerprint density at radius 2 is 1.91 bits per heavy atom. The molecule has 0 aliphatic rings. The summed E-state index contributed by atoms with van der Waals surface area (Å²) in [6.07, 6.45) is 0. The SMILES string of the molecule is Cc1cccc(NC(=S)NCCSCc2ccccc2)c1Cl. The van der Waals surface area contributed by atoms with Crippen molar-refractivity contribution in [3.8, 4) is 0 Å². The number of anilines is 1. The minimum absolute atomic E-state index is 0.604. The van der Waals surface area contributed by atoms with Crippen LogP contribution in [0.2, 0.25) is 5.02 Å². The van der Waals surface area contributed by atoms with E-state index >= 15 is 0 Å². The van der Waals surface area contributed by atoms with Crippen LogP contribution >= 0.6 is 35.6 Å². The summed E-state index contributed by atoms with van der Waals surface area (Å²) in [6, 6.07) is 16.3. The van der Waals surface area contributed by atoms with Gasteiger partial charge in [-0.05, 0) is 36.3 Å². The summed E-state index contributed by atoms with van der Waals surface area (Å²) in [6.45, 7) is 2.80. The Hall–Kier alpha value is -1.23. The van der Waals surface area contributed by atoms with Crippen LogP contribution in [0.1, 0.15) is 11.1 Å². The lowest BCUT2D eigenvalue weighted by atomic mass is 10.2. The Morgan fingerprint density at radius 1 is 1.14 bits per heavy atom. The summed E-state index contributed by atoms with van der Waals surface area (Å²) in [5.41, 5.74) is 3.23. The predicted octanol–water partition coefficient (Wildman–Crippen LogP) is 4.87. The second kappa shape index (κ2) is 9.03. The largest absolute Gasteiger partial charge is 0.362 e. The van der Waals surface area contributed by atoms with Crippen LogP contribution in [0, 0.1) is 6.92 Å². The molecule has 5 heteroatoms. The van der Waals surface area contributed by atoms with Gasteiger partial charge >= 0.3 is 0 Å². The molecule has 0 aliphatic heterocycles. The summed E-state index contributed by atoms with van der Waals surface area (Å²) in [5.74, 6) is 2.02. The van der Waals surface area contributed by atoms with E-state index in [0.717, 1.165) is 29.3 Å². The summed E-state index contributed by atoms with van der Waals surface area (Å²) in [4.78, 5) is 0. The molecule has 0 aliphatic carbocycles. The lowest BCUT2D eigenvalue weighted by Gasteiger charge is -2.12. The van der Waals surface area contributed by atoms with Gasteiger partial charge in [-0.15, -0.1) is 0 Å². The van der Waals surface area contributed by atoms with Crippen molar-refractivity contribution in [2.24, 2.45) is 0 Å². The maximum absolute atomic E-state index is 6.23. The lowest BCUT2D eigenvalue weighted by Crippen LogP contribution is -2.30. The zero-order valence-corrected chi connectivity index (χ0v) is 14.8. The molecule has 2 nitrogen and oxygen atoms in total. The molecule has 0 aromatic heterocycles. The summed E-state index contributed by atoms with van der Waals surface area (Å²) >= 11 is 13.4. The average molecular weight is 351 g/mol. The fourth-order valence-corrected chi connectivity index (χ4v) is 3.12. The van der Waals surface area contributed by atoms with Gasteiger partial charge in [0.15, 0.2) is 5.11 Å². The second-order valence-corrected chi connectivity index (χ2v) is 6.75. The minimum Gasteiger partial charge on any atom is -0.362 e. The van der Waals surface area contributed by atoms with Crippen molar-refractivity contribution in [3.05, 3.63) is 64.7 Å².